The molecule has 148 valence electrons. The number of carbonyl (C=O) groups excluding carboxylic acids is 2. The summed E-state index contributed by atoms with van der Waals surface area (Å²) in [5.74, 6) is 0.565. The molecule has 0 aromatic heterocycles. The van der Waals surface area contributed by atoms with Crippen molar-refractivity contribution in [2.24, 2.45) is 0 Å². The lowest BCUT2D eigenvalue weighted by Gasteiger charge is -2.38. The second kappa shape index (κ2) is 8.74. The van der Waals surface area contributed by atoms with Crippen molar-refractivity contribution < 1.29 is 14.3 Å². The standard InChI is InChI=1S/C21H31N3O3/c1-21(2)20(26)24(17-9-3-4-10-18(17)27-21)16-11-19(25)22-12-5-6-13-23-14-7-8-15-23/h3-4,9-10H,5-8,11-16H2,1-2H3,(H,22,25). The van der Waals surface area contributed by atoms with Crippen LogP contribution in [0.4, 0.5) is 5.69 Å². The molecular formula is C21H31N3O3. The van der Waals surface area contributed by atoms with Gasteiger partial charge in [0.2, 0.25) is 5.91 Å². The van der Waals surface area contributed by atoms with Crippen LogP contribution in [0.25, 0.3) is 0 Å². The molecular weight excluding hydrogens is 342 g/mol. The summed E-state index contributed by atoms with van der Waals surface area (Å²) in [7, 11) is 0. The number of hydrogen-bond donors (Lipinski definition) is 1. The van der Waals surface area contributed by atoms with Gasteiger partial charge >= 0.3 is 0 Å². The molecule has 1 aromatic rings. The van der Waals surface area contributed by atoms with E-state index >= 15 is 0 Å². The van der Waals surface area contributed by atoms with Crippen LogP contribution >= 0.6 is 0 Å². The zero-order valence-electron chi connectivity index (χ0n) is 16.5. The molecule has 1 saturated heterocycles. The summed E-state index contributed by atoms with van der Waals surface area (Å²) in [6.07, 6.45) is 5.04. The van der Waals surface area contributed by atoms with Gasteiger partial charge in [0.15, 0.2) is 5.60 Å². The van der Waals surface area contributed by atoms with E-state index in [9.17, 15) is 9.59 Å². The Morgan fingerprint density at radius 3 is 2.67 bits per heavy atom. The van der Waals surface area contributed by atoms with Crippen LogP contribution in [-0.2, 0) is 9.59 Å². The van der Waals surface area contributed by atoms with Crippen molar-refractivity contribution >= 4 is 17.5 Å². The van der Waals surface area contributed by atoms with Crippen molar-refractivity contribution in [2.45, 2.75) is 51.6 Å². The molecule has 0 radical (unpaired) electrons. The molecule has 6 heteroatoms. The van der Waals surface area contributed by atoms with Gasteiger partial charge in [-0.15, -0.1) is 0 Å². The molecule has 2 aliphatic heterocycles. The van der Waals surface area contributed by atoms with Crippen molar-refractivity contribution in [3.05, 3.63) is 24.3 Å². The first-order valence-corrected chi connectivity index (χ1v) is 10.1. The van der Waals surface area contributed by atoms with E-state index in [0.29, 0.717) is 25.3 Å². The summed E-state index contributed by atoms with van der Waals surface area (Å²) in [6.45, 7) is 8.16. The topological polar surface area (TPSA) is 61.9 Å². The van der Waals surface area contributed by atoms with Gasteiger partial charge < -0.3 is 19.9 Å². The molecule has 0 atom stereocenters. The van der Waals surface area contributed by atoms with Crippen LogP contribution in [0.5, 0.6) is 5.75 Å². The van der Waals surface area contributed by atoms with E-state index in [1.165, 1.54) is 25.9 Å². The maximum Gasteiger partial charge on any atom is 0.270 e. The van der Waals surface area contributed by atoms with Gasteiger partial charge in [-0.25, -0.2) is 0 Å². The summed E-state index contributed by atoms with van der Waals surface area (Å²) in [5, 5.41) is 2.98. The second-order valence-corrected chi connectivity index (χ2v) is 7.89. The fraction of sp³-hybridized carbons (Fsp3) is 0.619. The number of unbranched alkanes of at least 4 members (excludes halogenated alkanes) is 1. The quantitative estimate of drug-likeness (QED) is 0.712. The third kappa shape index (κ3) is 5.01. The number of amides is 2. The van der Waals surface area contributed by atoms with Crippen LogP contribution in [0, 0.1) is 0 Å². The predicted octanol–water partition coefficient (Wildman–Crippen LogP) is 2.57. The number of likely N-dealkylation sites (tertiary alicyclic amines) is 1. The largest absolute Gasteiger partial charge is 0.476 e. The molecule has 1 fully saturated rings. The highest BCUT2D eigenvalue weighted by molar-refractivity contribution is 6.02. The van der Waals surface area contributed by atoms with Crippen LogP contribution in [0.3, 0.4) is 0 Å². The average molecular weight is 373 g/mol. The van der Waals surface area contributed by atoms with Crippen LogP contribution < -0.4 is 15.0 Å². The van der Waals surface area contributed by atoms with Crippen LogP contribution in [0.2, 0.25) is 0 Å². The molecule has 27 heavy (non-hydrogen) atoms. The summed E-state index contributed by atoms with van der Waals surface area (Å²) in [6, 6.07) is 7.48. The Bertz CT molecular complexity index is 668. The highest BCUT2D eigenvalue weighted by Gasteiger charge is 2.40. The Morgan fingerprint density at radius 1 is 1.15 bits per heavy atom. The fourth-order valence-electron chi connectivity index (χ4n) is 3.74. The number of para-hydroxylation sites is 2. The van der Waals surface area contributed by atoms with E-state index in [0.717, 1.165) is 25.1 Å². The highest BCUT2D eigenvalue weighted by Crippen LogP contribution is 2.37. The number of benzene rings is 1. The molecule has 0 unspecified atom stereocenters. The summed E-state index contributed by atoms with van der Waals surface area (Å²) in [5.41, 5.74) is -0.180. The number of nitrogens with zero attached hydrogens (tertiary/aromatic N) is 2. The van der Waals surface area contributed by atoms with Crippen LogP contribution in [0.15, 0.2) is 24.3 Å². The Kier molecular flexibility index (Phi) is 6.37. The molecule has 6 nitrogen and oxygen atoms in total. The molecule has 2 heterocycles. The molecule has 0 aliphatic carbocycles. The van der Waals surface area contributed by atoms with Crippen molar-refractivity contribution in [1.29, 1.82) is 0 Å². The highest BCUT2D eigenvalue weighted by atomic mass is 16.5. The zero-order valence-corrected chi connectivity index (χ0v) is 16.5. The first-order valence-electron chi connectivity index (χ1n) is 10.1. The van der Waals surface area contributed by atoms with E-state index in [2.05, 4.69) is 10.2 Å². The maximum absolute atomic E-state index is 12.7. The number of anilines is 1. The number of rotatable bonds is 8. The summed E-state index contributed by atoms with van der Waals surface area (Å²) >= 11 is 0. The first kappa shape index (κ1) is 19.7. The minimum atomic E-state index is -0.916. The molecule has 0 saturated carbocycles. The molecule has 3 rings (SSSR count). The Morgan fingerprint density at radius 2 is 1.89 bits per heavy atom. The third-order valence-corrected chi connectivity index (χ3v) is 5.27. The van der Waals surface area contributed by atoms with Gasteiger partial charge in [0.1, 0.15) is 5.75 Å². The monoisotopic (exact) mass is 373 g/mol. The van der Waals surface area contributed by atoms with E-state index in [1.807, 2.05) is 24.3 Å². The van der Waals surface area contributed by atoms with Gasteiger partial charge in [0.05, 0.1) is 5.69 Å². The lowest BCUT2D eigenvalue weighted by molar-refractivity contribution is -0.132. The van der Waals surface area contributed by atoms with E-state index < -0.39 is 5.60 Å². The number of nitrogens with one attached hydrogen (secondary N) is 1. The van der Waals surface area contributed by atoms with E-state index in [1.54, 1.807) is 18.7 Å². The van der Waals surface area contributed by atoms with Gasteiger partial charge in [-0.05, 0) is 71.3 Å². The minimum absolute atomic E-state index is 0.00856. The molecule has 1 N–H and O–H groups in total. The van der Waals surface area contributed by atoms with Gasteiger partial charge in [0, 0.05) is 19.5 Å². The second-order valence-electron chi connectivity index (χ2n) is 7.89. The number of fused-ring (bicyclic) bond motifs is 1. The SMILES string of the molecule is CC1(C)Oc2ccccc2N(CCC(=O)NCCCCN2CCCC2)C1=O. The van der Waals surface area contributed by atoms with Crippen molar-refractivity contribution in [1.82, 2.24) is 10.2 Å². The van der Waals surface area contributed by atoms with Crippen LogP contribution in [-0.4, -0.2) is 55.0 Å². The van der Waals surface area contributed by atoms with Gasteiger partial charge in [-0.1, -0.05) is 12.1 Å². The van der Waals surface area contributed by atoms with E-state index in [-0.39, 0.29) is 11.8 Å². The number of hydrogen-bond acceptors (Lipinski definition) is 4. The smallest absolute Gasteiger partial charge is 0.270 e. The van der Waals surface area contributed by atoms with E-state index in [4.69, 9.17) is 4.74 Å². The lowest BCUT2D eigenvalue weighted by Crippen LogP contribution is -2.53. The Hall–Kier alpha value is -2.08. The Balaban J connectivity index is 1.43. The average Bonchev–Trinajstić information content (AvgIpc) is 3.15. The zero-order chi connectivity index (χ0) is 19.3. The van der Waals surface area contributed by atoms with Crippen LogP contribution in [0.1, 0.15) is 46.0 Å². The molecule has 0 bridgehead atoms. The number of carbonyl (C=O) groups is 2. The van der Waals surface area contributed by atoms with Crippen molar-refractivity contribution in [3.8, 4) is 5.75 Å². The van der Waals surface area contributed by atoms with Gasteiger partial charge in [0.25, 0.3) is 5.91 Å². The third-order valence-electron chi connectivity index (χ3n) is 5.27. The van der Waals surface area contributed by atoms with Crippen molar-refractivity contribution in [2.75, 3.05) is 37.6 Å². The summed E-state index contributed by atoms with van der Waals surface area (Å²) < 4.78 is 5.81. The first-order chi connectivity index (χ1) is 13.0. The minimum Gasteiger partial charge on any atom is -0.476 e. The molecule has 0 spiro atoms. The molecule has 2 amide bonds. The number of ether oxygens (including phenoxy) is 1. The molecule has 1 aromatic carbocycles. The summed E-state index contributed by atoms with van der Waals surface area (Å²) in [4.78, 5) is 29.1. The normalized spacial score (nSPS) is 18.9. The lowest BCUT2D eigenvalue weighted by atomic mass is 10.0. The predicted molar refractivity (Wildman–Crippen MR) is 106 cm³/mol. The fourth-order valence-corrected chi connectivity index (χ4v) is 3.74. The van der Waals surface area contributed by atoms with Gasteiger partial charge in [-0.2, -0.15) is 0 Å². The van der Waals surface area contributed by atoms with Crippen molar-refractivity contribution in [3.63, 3.8) is 0 Å². The molecule has 2 aliphatic rings. The van der Waals surface area contributed by atoms with Gasteiger partial charge in [-0.3, -0.25) is 9.59 Å². The Labute approximate surface area is 161 Å². The maximum atomic E-state index is 12.7.